The first-order valence-electron chi connectivity index (χ1n) is 9.48. The van der Waals surface area contributed by atoms with Crippen LogP contribution >= 0.6 is 0 Å². The molecular formula is C19H25N5O3. The minimum atomic E-state index is -0.0635. The number of piperidine rings is 1. The lowest BCUT2D eigenvalue weighted by Gasteiger charge is -2.32. The molecule has 2 aromatic rings. The number of rotatable bonds is 3. The summed E-state index contributed by atoms with van der Waals surface area (Å²) in [6.45, 7) is 7.22. The topological polar surface area (TPSA) is 93.2 Å². The van der Waals surface area contributed by atoms with Crippen molar-refractivity contribution in [2.24, 2.45) is 0 Å². The molecule has 2 atom stereocenters. The van der Waals surface area contributed by atoms with Crippen LogP contribution in [0.5, 0.6) is 6.01 Å². The second kappa shape index (κ2) is 7.26. The van der Waals surface area contributed by atoms with Gasteiger partial charge in [-0.2, -0.15) is 5.10 Å². The number of ether oxygens (including phenoxy) is 2. The Balaban J connectivity index is 1.39. The van der Waals surface area contributed by atoms with Crippen molar-refractivity contribution in [1.29, 1.82) is 0 Å². The molecule has 0 unspecified atom stereocenters. The molecule has 0 bridgehead atoms. The number of carbonyl (C=O) groups is 1. The Hall–Kier alpha value is -2.48. The highest BCUT2D eigenvalue weighted by molar-refractivity contribution is 5.94. The molecular weight excluding hydrogens is 346 g/mol. The minimum absolute atomic E-state index is 0.0150. The van der Waals surface area contributed by atoms with Gasteiger partial charge in [-0.3, -0.25) is 9.89 Å². The second-order valence-corrected chi connectivity index (χ2v) is 7.41. The first-order chi connectivity index (χ1) is 13.0. The maximum absolute atomic E-state index is 13.0. The Morgan fingerprint density at radius 2 is 1.96 bits per heavy atom. The zero-order valence-corrected chi connectivity index (χ0v) is 15.9. The molecule has 144 valence electrons. The fourth-order valence-electron chi connectivity index (χ4n) is 3.77. The maximum Gasteiger partial charge on any atom is 0.316 e. The average Bonchev–Trinajstić information content (AvgIpc) is 3.08. The number of fused-ring (bicyclic) bond motifs is 1. The Labute approximate surface area is 158 Å². The molecule has 8 heteroatoms. The van der Waals surface area contributed by atoms with E-state index in [-0.39, 0.29) is 24.2 Å². The zero-order chi connectivity index (χ0) is 19.0. The SMILES string of the molecule is Cc1cnc(OC2CCN(C(=O)c3n[nH]c4c3C[C@@H](C)O[C@H]4C)CC2)nc1. The van der Waals surface area contributed by atoms with Crippen molar-refractivity contribution in [2.45, 2.75) is 58.3 Å². The van der Waals surface area contributed by atoms with Gasteiger partial charge in [-0.25, -0.2) is 9.97 Å². The van der Waals surface area contributed by atoms with Crippen molar-refractivity contribution in [1.82, 2.24) is 25.1 Å². The molecule has 2 aliphatic heterocycles. The van der Waals surface area contributed by atoms with Gasteiger partial charge in [0.15, 0.2) is 5.69 Å². The van der Waals surface area contributed by atoms with E-state index < -0.39 is 0 Å². The average molecular weight is 371 g/mol. The van der Waals surface area contributed by atoms with Crippen molar-refractivity contribution >= 4 is 5.91 Å². The predicted molar refractivity (Wildman–Crippen MR) is 97.6 cm³/mol. The number of aromatic nitrogens is 4. The molecule has 27 heavy (non-hydrogen) atoms. The molecule has 0 aromatic carbocycles. The number of hydrogen-bond acceptors (Lipinski definition) is 6. The van der Waals surface area contributed by atoms with Crippen molar-refractivity contribution in [2.75, 3.05) is 13.1 Å². The van der Waals surface area contributed by atoms with Gasteiger partial charge in [0, 0.05) is 50.3 Å². The van der Waals surface area contributed by atoms with E-state index >= 15 is 0 Å². The first kappa shape index (κ1) is 17.9. The first-order valence-corrected chi connectivity index (χ1v) is 9.48. The lowest BCUT2D eigenvalue weighted by molar-refractivity contribution is -0.00704. The molecule has 1 fully saturated rings. The minimum Gasteiger partial charge on any atom is -0.460 e. The largest absolute Gasteiger partial charge is 0.460 e. The Morgan fingerprint density at radius 3 is 2.67 bits per heavy atom. The molecule has 0 spiro atoms. The molecule has 0 saturated carbocycles. The number of aromatic amines is 1. The van der Waals surface area contributed by atoms with Crippen LogP contribution in [0.15, 0.2) is 12.4 Å². The molecule has 2 aliphatic rings. The molecule has 1 N–H and O–H groups in total. The number of nitrogens with one attached hydrogen (secondary N) is 1. The van der Waals surface area contributed by atoms with E-state index in [9.17, 15) is 4.79 Å². The van der Waals surface area contributed by atoms with Crippen LogP contribution in [0.4, 0.5) is 0 Å². The van der Waals surface area contributed by atoms with Crippen molar-refractivity contribution in [3.8, 4) is 6.01 Å². The Bertz CT molecular complexity index is 811. The molecule has 0 radical (unpaired) electrons. The van der Waals surface area contributed by atoms with Gasteiger partial charge in [0.05, 0.1) is 17.9 Å². The second-order valence-electron chi connectivity index (χ2n) is 7.41. The third-order valence-corrected chi connectivity index (χ3v) is 5.19. The quantitative estimate of drug-likeness (QED) is 0.889. The van der Waals surface area contributed by atoms with Crippen molar-refractivity contribution in [3.63, 3.8) is 0 Å². The zero-order valence-electron chi connectivity index (χ0n) is 15.9. The van der Waals surface area contributed by atoms with Gasteiger partial charge in [0.25, 0.3) is 5.91 Å². The summed E-state index contributed by atoms with van der Waals surface area (Å²) in [6.07, 6.45) is 5.76. The van der Waals surface area contributed by atoms with Gasteiger partial charge in [0.1, 0.15) is 6.10 Å². The molecule has 4 heterocycles. The van der Waals surface area contributed by atoms with E-state index in [0.717, 1.165) is 29.7 Å². The van der Waals surface area contributed by atoms with Gasteiger partial charge in [-0.15, -0.1) is 0 Å². The summed E-state index contributed by atoms with van der Waals surface area (Å²) in [4.78, 5) is 23.2. The third kappa shape index (κ3) is 3.66. The summed E-state index contributed by atoms with van der Waals surface area (Å²) in [5.74, 6) is -0.0150. The van der Waals surface area contributed by atoms with Crippen molar-refractivity contribution in [3.05, 3.63) is 34.9 Å². The number of likely N-dealkylation sites (tertiary alicyclic amines) is 1. The highest BCUT2D eigenvalue weighted by Gasteiger charge is 2.33. The molecule has 1 amide bonds. The van der Waals surface area contributed by atoms with E-state index in [2.05, 4.69) is 20.2 Å². The normalized spacial score (nSPS) is 23.1. The van der Waals surface area contributed by atoms with E-state index in [1.807, 2.05) is 25.7 Å². The van der Waals surface area contributed by atoms with E-state index in [0.29, 0.717) is 31.2 Å². The summed E-state index contributed by atoms with van der Waals surface area (Å²) in [6, 6.07) is 0.398. The molecule has 2 aromatic heterocycles. The lowest BCUT2D eigenvalue weighted by Crippen LogP contribution is -2.42. The fourth-order valence-corrected chi connectivity index (χ4v) is 3.77. The number of hydrogen-bond donors (Lipinski definition) is 1. The van der Waals surface area contributed by atoms with Crippen LogP contribution in [0.3, 0.4) is 0 Å². The molecule has 8 nitrogen and oxygen atoms in total. The standard InChI is InChI=1S/C19H25N5O3/c1-11-9-20-19(21-10-11)27-14-4-6-24(7-5-14)18(25)17-15-8-12(2)26-13(3)16(15)22-23-17/h9-10,12-14H,4-8H2,1-3H3,(H,22,23)/t12-,13+/m1/s1. The predicted octanol–water partition coefficient (Wildman–Crippen LogP) is 2.21. The monoisotopic (exact) mass is 371 g/mol. The lowest BCUT2D eigenvalue weighted by atomic mass is 9.99. The van der Waals surface area contributed by atoms with Crippen LogP contribution in [0.1, 0.15) is 60.1 Å². The fraction of sp³-hybridized carbons (Fsp3) is 0.579. The number of H-pyrrole nitrogens is 1. The third-order valence-electron chi connectivity index (χ3n) is 5.19. The van der Waals surface area contributed by atoms with Gasteiger partial charge >= 0.3 is 6.01 Å². The van der Waals surface area contributed by atoms with Gasteiger partial charge < -0.3 is 14.4 Å². The summed E-state index contributed by atoms with van der Waals surface area (Å²) >= 11 is 0. The summed E-state index contributed by atoms with van der Waals surface area (Å²) < 4.78 is 11.7. The van der Waals surface area contributed by atoms with Gasteiger partial charge in [-0.05, 0) is 26.3 Å². The smallest absolute Gasteiger partial charge is 0.316 e. The van der Waals surface area contributed by atoms with E-state index in [4.69, 9.17) is 9.47 Å². The van der Waals surface area contributed by atoms with Crippen LogP contribution in [0.2, 0.25) is 0 Å². The number of carbonyl (C=O) groups excluding carboxylic acids is 1. The van der Waals surface area contributed by atoms with Gasteiger partial charge in [0.2, 0.25) is 0 Å². The van der Waals surface area contributed by atoms with Crippen LogP contribution < -0.4 is 4.74 Å². The van der Waals surface area contributed by atoms with E-state index in [1.54, 1.807) is 12.4 Å². The Morgan fingerprint density at radius 1 is 1.26 bits per heavy atom. The molecule has 1 saturated heterocycles. The highest BCUT2D eigenvalue weighted by Crippen LogP contribution is 2.31. The molecule has 0 aliphatic carbocycles. The number of nitrogens with zero attached hydrogens (tertiary/aromatic N) is 4. The number of amides is 1. The van der Waals surface area contributed by atoms with Crippen LogP contribution in [0, 0.1) is 6.92 Å². The summed E-state index contributed by atoms with van der Waals surface area (Å²) in [7, 11) is 0. The summed E-state index contributed by atoms with van der Waals surface area (Å²) in [5, 5.41) is 7.30. The van der Waals surface area contributed by atoms with Crippen molar-refractivity contribution < 1.29 is 14.3 Å². The molecule has 4 rings (SSSR count). The van der Waals surface area contributed by atoms with Gasteiger partial charge in [-0.1, -0.05) is 0 Å². The van der Waals surface area contributed by atoms with E-state index in [1.165, 1.54) is 0 Å². The maximum atomic E-state index is 13.0. The van der Waals surface area contributed by atoms with Crippen LogP contribution in [-0.2, 0) is 11.2 Å². The Kier molecular flexibility index (Phi) is 4.82. The highest BCUT2D eigenvalue weighted by atomic mass is 16.5. The summed E-state index contributed by atoms with van der Waals surface area (Å²) in [5.41, 5.74) is 3.45. The van der Waals surface area contributed by atoms with Crippen LogP contribution in [0.25, 0.3) is 0 Å². The number of aryl methyl sites for hydroxylation is 1. The van der Waals surface area contributed by atoms with Crippen LogP contribution in [-0.4, -0.2) is 56.3 Å².